The molecule has 30 heavy (non-hydrogen) atoms. The fraction of sp³-hybridized carbons (Fsp3) is 0.238. The molecule has 0 bridgehead atoms. The van der Waals surface area contributed by atoms with E-state index in [2.05, 4.69) is 38.3 Å². The number of benzene rings is 2. The van der Waals surface area contributed by atoms with Crippen LogP contribution in [0.25, 0.3) is 10.9 Å². The minimum Gasteiger partial charge on any atom is -0.481 e. The summed E-state index contributed by atoms with van der Waals surface area (Å²) in [6, 6.07) is 13.7. The molecule has 0 amide bonds. The molecule has 2 heterocycles. The summed E-state index contributed by atoms with van der Waals surface area (Å²) in [5.74, 6) is -0.235. The number of aliphatic carboxylic acids is 1. The fourth-order valence-corrected chi connectivity index (χ4v) is 3.88. The van der Waals surface area contributed by atoms with E-state index < -0.39 is 5.97 Å². The highest BCUT2D eigenvalue weighted by molar-refractivity contribution is 6.35. The Morgan fingerprint density at radius 3 is 2.73 bits per heavy atom. The van der Waals surface area contributed by atoms with E-state index in [-0.39, 0.29) is 6.42 Å². The third kappa shape index (κ3) is 4.63. The van der Waals surface area contributed by atoms with Crippen molar-refractivity contribution in [3.63, 3.8) is 0 Å². The molecule has 2 aromatic heterocycles. The van der Waals surface area contributed by atoms with Crippen LogP contribution in [-0.2, 0) is 24.3 Å². The Kier molecular flexibility index (Phi) is 6.01. The topological polar surface area (TPSA) is 85.8 Å². The summed E-state index contributed by atoms with van der Waals surface area (Å²) in [6.07, 6.45) is 3.16. The molecule has 2 aromatic carbocycles. The van der Waals surface area contributed by atoms with Gasteiger partial charge in [0.2, 0.25) is 0 Å². The summed E-state index contributed by atoms with van der Waals surface area (Å²) in [5.41, 5.74) is 3.16. The van der Waals surface area contributed by atoms with E-state index in [1.807, 2.05) is 24.3 Å². The summed E-state index contributed by atoms with van der Waals surface area (Å²) >= 11 is 12.4. The van der Waals surface area contributed by atoms with E-state index in [1.165, 1.54) is 4.80 Å². The lowest BCUT2D eigenvalue weighted by atomic mass is 10.1. The zero-order valence-corrected chi connectivity index (χ0v) is 17.5. The maximum Gasteiger partial charge on any atom is 0.303 e. The molecule has 0 aliphatic carbocycles. The number of nitrogens with zero attached hydrogens (tertiary/aromatic N) is 5. The molecule has 4 rings (SSSR count). The van der Waals surface area contributed by atoms with Gasteiger partial charge in [-0.3, -0.25) is 4.79 Å². The fourth-order valence-electron chi connectivity index (χ4n) is 3.41. The number of aromatic nitrogens is 5. The number of carbonyl (C=O) groups is 1. The van der Waals surface area contributed by atoms with Gasteiger partial charge in [-0.15, -0.1) is 10.2 Å². The highest BCUT2D eigenvalue weighted by Gasteiger charge is 2.13. The summed E-state index contributed by atoms with van der Waals surface area (Å²) < 4.78 is 2.15. The van der Waals surface area contributed by atoms with Crippen molar-refractivity contribution < 1.29 is 9.90 Å². The number of halogens is 2. The summed E-state index contributed by atoms with van der Waals surface area (Å²) in [4.78, 5) is 12.1. The monoisotopic (exact) mass is 443 g/mol. The van der Waals surface area contributed by atoms with Crippen LogP contribution in [-0.4, -0.2) is 35.9 Å². The lowest BCUT2D eigenvalue weighted by Crippen LogP contribution is -2.05. The van der Waals surface area contributed by atoms with Gasteiger partial charge in [-0.1, -0.05) is 47.5 Å². The van der Waals surface area contributed by atoms with Crippen LogP contribution in [0.3, 0.4) is 0 Å². The maximum atomic E-state index is 10.6. The van der Waals surface area contributed by atoms with Crippen molar-refractivity contribution in [1.82, 2.24) is 24.8 Å². The van der Waals surface area contributed by atoms with Gasteiger partial charge in [-0.2, -0.15) is 4.80 Å². The van der Waals surface area contributed by atoms with E-state index >= 15 is 0 Å². The molecular formula is C21H19Cl2N5O2. The summed E-state index contributed by atoms with van der Waals surface area (Å²) in [5, 5.41) is 23.6. The number of carboxylic acids is 1. The third-order valence-electron chi connectivity index (χ3n) is 4.82. The zero-order valence-electron chi connectivity index (χ0n) is 16.0. The molecule has 154 valence electrons. The van der Waals surface area contributed by atoms with Gasteiger partial charge >= 0.3 is 5.97 Å². The first-order valence-corrected chi connectivity index (χ1v) is 10.2. The maximum absolute atomic E-state index is 10.6. The number of carboxylic acid groups (broad SMARTS) is 1. The van der Waals surface area contributed by atoms with E-state index in [1.54, 1.807) is 6.07 Å². The first kappa shape index (κ1) is 20.4. The molecule has 4 aromatic rings. The molecule has 0 spiro atoms. The Morgan fingerprint density at radius 2 is 1.93 bits per heavy atom. The van der Waals surface area contributed by atoms with Gasteiger partial charge in [0, 0.05) is 46.5 Å². The zero-order chi connectivity index (χ0) is 21.1. The number of aryl methyl sites for hydroxylation is 1. The minimum absolute atomic E-state index is 0.0810. The SMILES string of the molecule is O=C(O)CCCn1nnc(Cc2cn(Cc3ccc(Cl)cc3Cl)c3ccccc23)n1. The van der Waals surface area contributed by atoms with Crippen LogP contribution in [0.4, 0.5) is 0 Å². The second-order valence-electron chi connectivity index (χ2n) is 7.01. The predicted molar refractivity (Wildman–Crippen MR) is 115 cm³/mol. The van der Waals surface area contributed by atoms with Crippen LogP contribution < -0.4 is 0 Å². The Morgan fingerprint density at radius 1 is 1.10 bits per heavy atom. The van der Waals surface area contributed by atoms with E-state index in [0.29, 0.717) is 41.8 Å². The van der Waals surface area contributed by atoms with Crippen LogP contribution in [0.2, 0.25) is 10.0 Å². The number of fused-ring (bicyclic) bond motifs is 1. The van der Waals surface area contributed by atoms with Crippen molar-refractivity contribution in [2.75, 3.05) is 0 Å². The van der Waals surface area contributed by atoms with Gasteiger partial charge in [0.1, 0.15) is 0 Å². The van der Waals surface area contributed by atoms with Crippen LogP contribution in [0.15, 0.2) is 48.7 Å². The predicted octanol–water partition coefficient (Wildman–Crippen LogP) is 4.44. The second-order valence-corrected chi connectivity index (χ2v) is 7.85. The Labute approximate surface area is 182 Å². The van der Waals surface area contributed by atoms with Crippen LogP contribution in [0.1, 0.15) is 29.8 Å². The highest BCUT2D eigenvalue weighted by atomic mass is 35.5. The van der Waals surface area contributed by atoms with Crippen molar-refractivity contribution in [1.29, 1.82) is 0 Å². The van der Waals surface area contributed by atoms with Crippen molar-refractivity contribution >= 4 is 40.1 Å². The molecule has 9 heteroatoms. The summed E-state index contributed by atoms with van der Waals surface area (Å²) in [6.45, 7) is 1.04. The smallest absolute Gasteiger partial charge is 0.303 e. The van der Waals surface area contributed by atoms with Gasteiger partial charge in [0.25, 0.3) is 0 Å². The average Bonchev–Trinajstić information content (AvgIpc) is 3.29. The molecule has 0 atom stereocenters. The first-order valence-electron chi connectivity index (χ1n) is 9.49. The van der Waals surface area contributed by atoms with Gasteiger partial charge in [-0.25, -0.2) is 0 Å². The van der Waals surface area contributed by atoms with Gasteiger partial charge in [0.15, 0.2) is 5.82 Å². The van der Waals surface area contributed by atoms with Gasteiger partial charge in [-0.05, 0) is 41.0 Å². The first-order chi connectivity index (χ1) is 14.5. The second kappa shape index (κ2) is 8.85. The van der Waals surface area contributed by atoms with Crippen LogP contribution in [0.5, 0.6) is 0 Å². The van der Waals surface area contributed by atoms with Crippen molar-refractivity contribution in [3.05, 3.63) is 75.7 Å². The summed E-state index contributed by atoms with van der Waals surface area (Å²) in [7, 11) is 0. The quantitative estimate of drug-likeness (QED) is 0.434. The van der Waals surface area contributed by atoms with E-state index in [0.717, 1.165) is 22.0 Å². The number of hydrogen-bond donors (Lipinski definition) is 1. The Balaban J connectivity index is 1.56. The molecular weight excluding hydrogens is 425 g/mol. The van der Waals surface area contributed by atoms with Crippen LogP contribution in [0, 0.1) is 0 Å². The van der Waals surface area contributed by atoms with Gasteiger partial charge < -0.3 is 9.67 Å². The molecule has 0 saturated carbocycles. The Hall–Kier alpha value is -2.90. The van der Waals surface area contributed by atoms with E-state index in [4.69, 9.17) is 28.3 Å². The minimum atomic E-state index is -0.830. The molecule has 7 nitrogen and oxygen atoms in total. The number of tetrazole rings is 1. The molecule has 0 fully saturated rings. The molecule has 0 unspecified atom stereocenters. The number of hydrogen-bond acceptors (Lipinski definition) is 4. The molecule has 0 aliphatic heterocycles. The standard InChI is InChI=1S/C21H19Cl2N5O2/c22-16-8-7-14(18(23)11-16)12-27-13-15(17-4-1-2-5-19(17)27)10-20-24-26-28(25-20)9-3-6-21(29)30/h1-2,4-5,7-8,11,13H,3,6,9-10,12H2,(H,29,30). The highest BCUT2D eigenvalue weighted by Crippen LogP contribution is 2.27. The molecule has 0 aliphatic rings. The lowest BCUT2D eigenvalue weighted by Gasteiger charge is -2.08. The lowest BCUT2D eigenvalue weighted by molar-refractivity contribution is -0.137. The van der Waals surface area contributed by atoms with Crippen molar-refractivity contribution in [2.24, 2.45) is 0 Å². The molecule has 0 radical (unpaired) electrons. The van der Waals surface area contributed by atoms with Crippen molar-refractivity contribution in [3.8, 4) is 0 Å². The normalized spacial score (nSPS) is 11.3. The molecule has 1 N–H and O–H groups in total. The third-order valence-corrected chi connectivity index (χ3v) is 5.41. The Bertz CT molecular complexity index is 1200. The largest absolute Gasteiger partial charge is 0.481 e. The van der Waals surface area contributed by atoms with Gasteiger partial charge in [0.05, 0.1) is 6.54 Å². The average molecular weight is 444 g/mol. The van der Waals surface area contributed by atoms with E-state index in [9.17, 15) is 4.79 Å². The van der Waals surface area contributed by atoms with Crippen LogP contribution >= 0.6 is 23.2 Å². The molecule has 0 saturated heterocycles. The number of rotatable bonds is 8. The number of para-hydroxylation sites is 1. The van der Waals surface area contributed by atoms with Crippen molar-refractivity contribution in [2.45, 2.75) is 32.4 Å².